The van der Waals surface area contributed by atoms with Gasteiger partial charge in [0.1, 0.15) is 5.82 Å². The average molecular weight is 239 g/mol. The van der Waals surface area contributed by atoms with Crippen molar-refractivity contribution in [2.24, 2.45) is 0 Å². The molecule has 0 saturated heterocycles. The van der Waals surface area contributed by atoms with Crippen LogP contribution in [-0.2, 0) is 0 Å². The van der Waals surface area contributed by atoms with E-state index in [0.29, 0.717) is 11.3 Å². The molecule has 1 heterocycles. The van der Waals surface area contributed by atoms with Gasteiger partial charge in [-0.05, 0) is 31.0 Å². The number of thioether (sulfide) groups is 1. The monoisotopic (exact) mass is 239 g/mol. The van der Waals surface area contributed by atoms with Gasteiger partial charge in [0.05, 0.1) is 0 Å². The van der Waals surface area contributed by atoms with E-state index in [0.717, 1.165) is 29.8 Å². The lowest BCUT2D eigenvalue weighted by Crippen LogP contribution is -2.27. The lowest BCUT2D eigenvalue weighted by Gasteiger charge is -2.19. The predicted octanol–water partition coefficient (Wildman–Crippen LogP) is 3.75. The number of halogens is 1. The lowest BCUT2D eigenvalue weighted by molar-refractivity contribution is 0.505. The van der Waals surface area contributed by atoms with Crippen LogP contribution in [0.3, 0.4) is 0 Å². The molecule has 3 heteroatoms. The first kappa shape index (κ1) is 11.9. The van der Waals surface area contributed by atoms with Crippen molar-refractivity contribution < 1.29 is 4.39 Å². The van der Waals surface area contributed by atoms with E-state index in [-0.39, 0.29) is 5.82 Å². The molecule has 0 spiro atoms. The summed E-state index contributed by atoms with van der Waals surface area (Å²) in [6.07, 6.45) is 2.18. The number of nitrogens with one attached hydrogen (secondary N) is 1. The zero-order valence-electron chi connectivity index (χ0n) is 9.79. The maximum Gasteiger partial charge on any atom is 0.137 e. The van der Waals surface area contributed by atoms with E-state index < -0.39 is 0 Å². The zero-order valence-corrected chi connectivity index (χ0v) is 10.6. The number of hydrogen-bond acceptors (Lipinski definition) is 2. The predicted molar refractivity (Wildman–Crippen MR) is 67.4 cm³/mol. The molecule has 2 rings (SSSR count). The third-order valence-electron chi connectivity index (χ3n) is 2.99. The highest BCUT2D eigenvalue weighted by Crippen LogP contribution is 2.46. The van der Waals surface area contributed by atoms with Crippen LogP contribution in [0.5, 0.6) is 0 Å². The van der Waals surface area contributed by atoms with Crippen molar-refractivity contribution in [2.75, 3.05) is 6.54 Å². The fraction of sp³-hybridized carbons (Fsp3) is 0.538. The van der Waals surface area contributed by atoms with Crippen molar-refractivity contribution in [3.63, 3.8) is 0 Å². The summed E-state index contributed by atoms with van der Waals surface area (Å²) in [5.74, 6) is -0.0678. The molecule has 88 valence electrons. The second-order valence-corrected chi connectivity index (χ2v) is 5.40. The smallest absolute Gasteiger partial charge is 0.137 e. The Morgan fingerprint density at radius 2 is 2.19 bits per heavy atom. The van der Waals surface area contributed by atoms with Gasteiger partial charge in [-0.25, -0.2) is 4.39 Å². The van der Waals surface area contributed by atoms with Crippen LogP contribution in [0.4, 0.5) is 4.39 Å². The molecule has 0 saturated carbocycles. The van der Waals surface area contributed by atoms with E-state index in [1.165, 1.54) is 0 Å². The Bertz CT molecular complexity index is 367. The van der Waals surface area contributed by atoms with Gasteiger partial charge in [0.25, 0.3) is 0 Å². The van der Waals surface area contributed by atoms with Gasteiger partial charge in [-0.3, -0.25) is 0 Å². The molecule has 0 aromatic heterocycles. The van der Waals surface area contributed by atoms with Gasteiger partial charge in [0.15, 0.2) is 0 Å². The molecule has 0 radical (unpaired) electrons. The molecule has 1 aromatic carbocycles. The summed E-state index contributed by atoms with van der Waals surface area (Å²) in [6, 6.07) is 5.74. The third-order valence-corrected chi connectivity index (χ3v) is 4.56. The highest BCUT2D eigenvalue weighted by molar-refractivity contribution is 8.00. The Kier molecular flexibility index (Phi) is 3.87. The SMILES string of the molecule is CCCNC1c2cccc(F)c2SC1CC. The molecule has 1 N–H and O–H groups in total. The summed E-state index contributed by atoms with van der Waals surface area (Å²) < 4.78 is 13.6. The van der Waals surface area contributed by atoms with Crippen molar-refractivity contribution in [1.29, 1.82) is 0 Å². The molecule has 16 heavy (non-hydrogen) atoms. The molecule has 1 aromatic rings. The number of rotatable bonds is 4. The molecular formula is C13H18FNS. The Balaban J connectivity index is 2.26. The highest BCUT2D eigenvalue weighted by atomic mass is 32.2. The van der Waals surface area contributed by atoms with Crippen LogP contribution in [0.1, 0.15) is 38.3 Å². The maximum atomic E-state index is 13.6. The fourth-order valence-electron chi connectivity index (χ4n) is 2.17. The molecular weight excluding hydrogens is 221 g/mol. The first-order valence-electron chi connectivity index (χ1n) is 5.96. The van der Waals surface area contributed by atoms with Crippen LogP contribution in [-0.4, -0.2) is 11.8 Å². The van der Waals surface area contributed by atoms with Gasteiger partial charge in [-0.15, -0.1) is 11.8 Å². The van der Waals surface area contributed by atoms with Crippen LogP contribution in [0.25, 0.3) is 0 Å². The first-order valence-corrected chi connectivity index (χ1v) is 6.84. The van der Waals surface area contributed by atoms with E-state index in [1.54, 1.807) is 17.8 Å². The van der Waals surface area contributed by atoms with Gasteiger partial charge in [0.2, 0.25) is 0 Å². The average Bonchev–Trinajstić information content (AvgIpc) is 2.66. The largest absolute Gasteiger partial charge is 0.309 e. The minimum absolute atomic E-state index is 0.0678. The molecule has 2 unspecified atom stereocenters. The van der Waals surface area contributed by atoms with Gasteiger partial charge < -0.3 is 5.32 Å². The van der Waals surface area contributed by atoms with Crippen LogP contribution in [0.15, 0.2) is 23.1 Å². The van der Waals surface area contributed by atoms with E-state index in [9.17, 15) is 4.39 Å². The molecule has 1 aliphatic heterocycles. The van der Waals surface area contributed by atoms with E-state index in [1.807, 2.05) is 6.07 Å². The molecule has 0 fully saturated rings. The van der Waals surface area contributed by atoms with Crippen LogP contribution in [0, 0.1) is 5.82 Å². The van der Waals surface area contributed by atoms with Crippen molar-refractivity contribution in [3.05, 3.63) is 29.6 Å². The number of fused-ring (bicyclic) bond motifs is 1. The Labute approximate surface area is 101 Å². The molecule has 0 aliphatic carbocycles. The highest BCUT2D eigenvalue weighted by Gasteiger charge is 2.33. The fourth-order valence-corrected chi connectivity index (χ4v) is 3.53. The van der Waals surface area contributed by atoms with Crippen molar-refractivity contribution in [1.82, 2.24) is 5.32 Å². The quantitative estimate of drug-likeness (QED) is 0.858. The lowest BCUT2D eigenvalue weighted by atomic mass is 10.0. The zero-order chi connectivity index (χ0) is 11.5. The van der Waals surface area contributed by atoms with Crippen molar-refractivity contribution >= 4 is 11.8 Å². The minimum atomic E-state index is -0.0678. The third kappa shape index (κ3) is 2.11. The summed E-state index contributed by atoms with van der Waals surface area (Å²) >= 11 is 1.68. The number of hydrogen-bond donors (Lipinski definition) is 1. The Morgan fingerprint density at radius 1 is 1.38 bits per heavy atom. The topological polar surface area (TPSA) is 12.0 Å². The molecule has 1 nitrogen and oxygen atoms in total. The molecule has 1 aliphatic rings. The van der Waals surface area contributed by atoms with Gasteiger partial charge in [-0.2, -0.15) is 0 Å². The molecule has 0 amide bonds. The van der Waals surface area contributed by atoms with Crippen LogP contribution < -0.4 is 5.32 Å². The van der Waals surface area contributed by atoms with Gasteiger partial charge >= 0.3 is 0 Å². The number of benzene rings is 1. The Morgan fingerprint density at radius 3 is 2.88 bits per heavy atom. The summed E-state index contributed by atoms with van der Waals surface area (Å²) in [4.78, 5) is 0.850. The summed E-state index contributed by atoms with van der Waals surface area (Å²) in [6.45, 7) is 5.32. The Hall–Kier alpha value is -0.540. The van der Waals surface area contributed by atoms with Crippen molar-refractivity contribution in [3.8, 4) is 0 Å². The minimum Gasteiger partial charge on any atom is -0.309 e. The van der Waals surface area contributed by atoms with Gasteiger partial charge in [0, 0.05) is 16.2 Å². The first-order chi connectivity index (χ1) is 7.77. The van der Waals surface area contributed by atoms with Crippen LogP contribution >= 0.6 is 11.8 Å². The second-order valence-electron chi connectivity index (χ2n) is 4.15. The molecule has 0 bridgehead atoms. The summed E-state index contributed by atoms with van der Waals surface area (Å²) in [7, 11) is 0. The van der Waals surface area contributed by atoms with E-state index >= 15 is 0 Å². The van der Waals surface area contributed by atoms with E-state index in [2.05, 4.69) is 25.2 Å². The van der Waals surface area contributed by atoms with Crippen molar-refractivity contribution in [2.45, 2.75) is 42.9 Å². The normalized spacial score (nSPS) is 23.4. The molecule has 2 atom stereocenters. The second kappa shape index (κ2) is 5.19. The summed E-state index contributed by atoms with van der Waals surface area (Å²) in [5.41, 5.74) is 1.14. The van der Waals surface area contributed by atoms with Gasteiger partial charge in [-0.1, -0.05) is 26.0 Å². The summed E-state index contributed by atoms with van der Waals surface area (Å²) in [5, 5.41) is 4.00. The van der Waals surface area contributed by atoms with Crippen LogP contribution in [0.2, 0.25) is 0 Å². The van der Waals surface area contributed by atoms with E-state index in [4.69, 9.17) is 0 Å². The maximum absolute atomic E-state index is 13.6. The standard InChI is InChI=1S/C13H18FNS/c1-3-8-15-12-9-6-5-7-10(14)13(9)16-11(12)4-2/h5-7,11-12,15H,3-4,8H2,1-2H3.